The summed E-state index contributed by atoms with van der Waals surface area (Å²) in [5.41, 5.74) is -3.18. The lowest BCUT2D eigenvalue weighted by atomic mass is 9.92. The number of carbonyl (C=O) groups excluding carboxylic acids is 2. The number of aromatic hydroxyl groups is 6. The average Bonchev–Trinajstić information content (AvgIpc) is 2.92. The molecule has 1 saturated heterocycles. The molecule has 2 aliphatic rings. The van der Waals surface area contributed by atoms with Crippen molar-refractivity contribution in [2.75, 3.05) is 13.2 Å². The molecule has 8 N–H and O–H groups in total. The number of hydrogen-bond donors (Lipinski definition) is 8. The van der Waals surface area contributed by atoms with Gasteiger partial charge in [0.25, 0.3) is 0 Å². The predicted octanol–water partition coefficient (Wildman–Crippen LogP) is -0.174. The Morgan fingerprint density at radius 1 is 0.923 bits per heavy atom. The van der Waals surface area contributed by atoms with Crippen LogP contribution >= 0.6 is 0 Å². The number of aliphatic hydroxyl groups excluding tert-OH is 2. The highest BCUT2D eigenvalue weighted by Crippen LogP contribution is 2.52. The summed E-state index contributed by atoms with van der Waals surface area (Å²) in [7, 11) is 0. The number of ether oxygens (including phenoxy) is 4. The van der Waals surface area contributed by atoms with Gasteiger partial charge in [-0.25, -0.2) is 9.59 Å². The van der Waals surface area contributed by atoms with Crippen LogP contribution in [0.5, 0.6) is 34.5 Å². The Labute approximate surface area is 218 Å². The zero-order valence-corrected chi connectivity index (χ0v) is 19.6. The van der Waals surface area contributed by atoms with Gasteiger partial charge in [-0.3, -0.25) is 0 Å². The van der Waals surface area contributed by atoms with Crippen LogP contribution in [0.1, 0.15) is 20.7 Å². The van der Waals surface area contributed by atoms with Crippen molar-refractivity contribution in [3.05, 3.63) is 35.4 Å². The highest BCUT2D eigenvalue weighted by molar-refractivity contribution is 6.08. The van der Waals surface area contributed by atoms with Crippen LogP contribution in [0.4, 0.5) is 0 Å². The Morgan fingerprint density at radius 2 is 1.46 bits per heavy atom. The summed E-state index contributed by atoms with van der Waals surface area (Å²) in [6.07, 6.45) is -8.67. The zero-order valence-electron chi connectivity index (χ0n) is 19.6. The first-order valence-electron chi connectivity index (χ1n) is 11.0. The van der Waals surface area contributed by atoms with Crippen LogP contribution in [0.25, 0.3) is 11.1 Å². The van der Waals surface area contributed by atoms with E-state index in [0.29, 0.717) is 12.1 Å². The number of rotatable bonds is 3. The molecule has 4 rings (SSSR count). The molecule has 2 aromatic carbocycles. The van der Waals surface area contributed by atoms with Gasteiger partial charge in [-0.2, -0.15) is 5.26 Å². The maximum absolute atomic E-state index is 13.3. The van der Waals surface area contributed by atoms with Crippen molar-refractivity contribution >= 4 is 11.9 Å². The lowest BCUT2D eigenvalue weighted by Crippen LogP contribution is -2.60. The van der Waals surface area contributed by atoms with Crippen LogP contribution in [0.15, 0.2) is 24.3 Å². The van der Waals surface area contributed by atoms with Gasteiger partial charge in [-0.1, -0.05) is 6.58 Å². The van der Waals surface area contributed by atoms with E-state index in [-0.39, 0.29) is 5.57 Å². The molecule has 0 amide bonds. The average molecular weight is 547 g/mol. The minimum absolute atomic E-state index is 0.0540. The van der Waals surface area contributed by atoms with Gasteiger partial charge >= 0.3 is 11.9 Å². The molecule has 2 aliphatic heterocycles. The minimum atomic E-state index is -1.93. The van der Waals surface area contributed by atoms with E-state index in [1.54, 1.807) is 6.07 Å². The molecule has 0 bridgehead atoms. The third-order valence-corrected chi connectivity index (χ3v) is 6.04. The quantitative estimate of drug-likeness (QED) is 0.141. The van der Waals surface area contributed by atoms with Crippen LogP contribution in [-0.2, 0) is 18.9 Å². The monoisotopic (exact) mass is 547 g/mol. The molecule has 1 fully saturated rings. The topological polar surface area (TPSA) is 257 Å². The van der Waals surface area contributed by atoms with E-state index in [1.165, 1.54) is 0 Å². The first kappa shape index (κ1) is 27.3. The minimum Gasteiger partial charge on any atom is -0.504 e. The molecule has 0 saturated carbocycles. The molecule has 15 nitrogen and oxygen atoms in total. The van der Waals surface area contributed by atoms with Crippen LogP contribution in [0.2, 0.25) is 0 Å². The maximum Gasteiger partial charge on any atom is 0.339 e. The molecule has 0 radical (unpaired) electrons. The molecule has 2 heterocycles. The first-order chi connectivity index (χ1) is 18.4. The Balaban J connectivity index is 1.88. The van der Waals surface area contributed by atoms with Gasteiger partial charge in [0.1, 0.15) is 24.9 Å². The largest absolute Gasteiger partial charge is 0.504 e. The van der Waals surface area contributed by atoms with Crippen molar-refractivity contribution in [1.29, 1.82) is 5.26 Å². The number of nitriles is 1. The van der Waals surface area contributed by atoms with Gasteiger partial charge in [0, 0.05) is 16.7 Å². The van der Waals surface area contributed by atoms with Crippen molar-refractivity contribution in [2.45, 2.75) is 30.7 Å². The SMILES string of the molecule is C=C(C#N)CO[C@@H]1O[C@@H]2COC(=O)c3cc(O)c(O)c(O)c3-c3c(cc(O)c(O)c3O)C(=O)O[C@H]2[C@H](O)[C@H]1O. The zero-order chi connectivity index (χ0) is 28.8. The third kappa shape index (κ3) is 4.69. The first-order valence-corrected chi connectivity index (χ1v) is 11.0. The van der Waals surface area contributed by atoms with E-state index < -0.39 is 113 Å². The fourth-order valence-corrected chi connectivity index (χ4v) is 4.08. The third-order valence-electron chi connectivity index (χ3n) is 6.04. The smallest absolute Gasteiger partial charge is 0.339 e. The highest BCUT2D eigenvalue weighted by atomic mass is 16.7. The van der Waals surface area contributed by atoms with Gasteiger partial charge in [0.05, 0.1) is 23.8 Å². The van der Waals surface area contributed by atoms with Crippen LogP contribution in [-0.4, -0.2) is 96.7 Å². The number of benzene rings is 2. The van der Waals surface area contributed by atoms with E-state index in [9.17, 15) is 50.4 Å². The molecule has 0 unspecified atom stereocenters. The van der Waals surface area contributed by atoms with Crippen molar-refractivity contribution < 1.29 is 69.4 Å². The summed E-state index contributed by atoms with van der Waals surface area (Å²) >= 11 is 0. The number of esters is 2. The number of fused-ring (bicyclic) bond motifs is 4. The van der Waals surface area contributed by atoms with Crippen molar-refractivity contribution in [3.8, 4) is 51.7 Å². The van der Waals surface area contributed by atoms with Gasteiger partial charge in [0.15, 0.2) is 35.4 Å². The van der Waals surface area contributed by atoms with Crippen LogP contribution < -0.4 is 0 Å². The molecular formula is C24H21NO14. The molecule has 5 atom stereocenters. The van der Waals surface area contributed by atoms with Gasteiger partial charge in [-0.15, -0.1) is 0 Å². The molecule has 206 valence electrons. The molecule has 0 aliphatic carbocycles. The van der Waals surface area contributed by atoms with Crippen molar-refractivity contribution in [1.82, 2.24) is 0 Å². The molecule has 0 spiro atoms. The van der Waals surface area contributed by atoms with Gasteiger partial charge < -0.3 is 59.8 Å². The fraction of sp³-hybridized carbons (Fsp3) is 0.292. The van der Waals surface area contributed by atoms with E-state index >= 15 is 0 Å². The second-order valence-electron chi connectivity index (χ2n) is 8.55. The van der Waals surface area contributed by atoms with E-state index in [1.807, 2.05) is 0 Å². The molecule has 0 aromatic heterocycles. The Morgan fingerprint density at radius 3 is 2.00 bits per heavy atom. The summed E-state index contributed by atoms with van der Waals surface area (Å²) in [5.74, 6) is -9.59. The van der Waals surface area contributed by atoms with E-state index in [4.69, 9.17) is 24.2 Å². The Hall–Kier alpha value is -4.75. The number of phenols is 6. The highest BCUT2D eigenvalue weighted by Gasteiger charge is 2.49. The Bertz CT molecular complexity index is 1410. The van der Waals surface area contributed by atoms with E-state index in [0.717, 1.165) is 0 Å². The fourth-order valence-electron chi connectivity index (χ4n) is 4.08. The summed E-state index contributed by atoms with van der Waals surface area (Å²) < 4.78 is 21.3. The number of phenolic OH excluding ortho intramolecular Hbond substituents is 6. The number of cyclic esters (lactones) is 1. The van der Waals surface area contributed by atoms with Crippen molar-refractivity contribution in [2.24, 2.45) is 0 Å². The standard InChI is InChI=1S/C24H21NO14/c1-7(4-25)5-37-24-20(33)19(32)21-12(38-24)6-36-22(34)8-2-10(26)15(28)17(30)13(8)14-9(23(35)39-21)3-11(27)16(29)18(14)31/h2-3,12,19-21,24,26-33H,1,5-6H2/t12-,19-,20-,21-,24-/m1/s1. The summed E-state index contributed by atoms with van der Waals surface area (Å²) in [4.78, 5) is 26.3. The van der Waals surface area contributed by atoms with Crippen molar-refractivity contribution in [3.63, 3.8) is 0 Å². The van der Waals surface area contributed by atoms with Gasteiger partial charge in [-0.05, 0) is 12.1 Å². The summed E-state index contributed by atoms with van der Waals surface area (Å²) in [6.45, 7) is 2.22. The number of carbonyl (C=O) groups is 2. The van der Waals surface area contributed by atoms with Gasteiger partial charge in [0.2, 0.25) is 11.5 Å². The molecule has 39 heavy (non-hydrogen) atoms. The number of hydrogen-bond acceptors (Lipinski definition) is 15. The van der Waals surface area contributed by atoms with E-state index in [2.05, 4.69) is 6.58 Å². The summed E-state index contributed by atoms with van der Waals surface area (Å²) in [5, 5.41) is 91.5. The number of nitrogens with zero attached hydrogens (tertiary/aromatic N) is 1. The normalized spacial score (nSPS) is 24.6. The second kappa shape index (κ2) is 10.2. The molecule has 2 aromatic rings. The molecule has 15 heteroatoms. The lowest BCUT2D eigenvalue weighted by molar-refractivity contribution is -0.297. The maximum atomic E-state index is 13.3. The Kier molecular flexibility index (Phi) is 7.13. The predicted molar refractivity (Wildman–Crippen MR) is 123 cm³/mol. The van der Waals surface area contributed by atoms with Crippen LogP contribution in [0, 0.1) is 11.3 Å². The summed E-state index contributed by atoms with van der Waals surface area (Å²) in [6, 6.07) is 2.95. The number of aliphatic hydroxyl groups is 2. The van der Waals surface area contributed by atoms with Crippen LogP contribution in [0.3, 0.4) is 0 Å². The lowest BCUT2D eigenvalue weighted by Gasteiger charge is -2.41. The second-order valence-corrected chi connectivity index (χ2v) is 8.55. The molecular weight excluding hydrogens is 526 g/mol.